The van der Waals surface area contributed by atoms with Gasteiger partial charge in [0.1, 0.15) is 10.8 Å². The van der Waals surface area contributed by atoms with Crippen molar-refractivity contribution in [3.63, 3.8) is 0 Å². The molecule has 25 heavy (non-hydrogen) atoms. The van der Waals surface area contributed by atoms with E-state index in [4.69, 9.17) is 8.94 Å². The second kappa shape index (κ2) is 7.98. The predicted octanol–water partition coefficient (Wildman–Crippen LogP) is 3.04. The van der Waals surface area contributed by atoms with Crippen molar-refractivity contribution < 1.29 is 13.7 Å². The molecule has 0 spiro atoms. The summed E-state index contributed by atoms with van der Waals surface area (Å²) in [5, 5.41) is 4.68. The summed E-state index contributed by atoms with van der Waals surface area (Å²) in [4.78, 5) is 22.6. The van der Waals surface area contributed by atoms with Gasteiger partial charge in [-0.25, -0.2) is 4.98 Å². The summed E-state index contributed by atoms with van der Waals surface area (Å²) >= 11 is 1.35. The number of carbonyl (C=O) groups is 1. The van der Waals surface area contributed by atoms with E-state index in [2.05, 4.69) is 15.1 Å². The lowest BCUT2D eigenvalue weighted by Crippen LogP contribution is -2.27. The molecule has 0 aliphatic heterocycles. The van der Waals surface area contributed by atoms with Gasteiger partial charge in [-0.3, -0.25) is 4.79 Å². The van der Waals surface area contributed by atoms with Gasteiger partial charge in [-0.15, -0.1) is 0 Å². The average molecular weight is 358 g/mol. The van der Waals surface area contributed by atoms with Crippen molar-refractivity contribution in [2.24, 2.45) is 0 Å². The zero-order valence-electron chi connectivity index (χ0n) is 14.0. The Hall–Kier alpha value is -2.61. The highest BCUT2D eigenvalue weighted by molar-refractivity contribution is 8.00. The van der Waals surface area contributed by atoms with Crippen molar-refractivity contribution in [3.05, 3.63) is 48.4 Å². The number of nitrogens with zero attached hydrogens (tertiary/aromatic N) is 4. The summed E-state index contributed by atoms with van der Waals surface area (Å²) in [6, 6.07) is 7.33. The number of pyridine rings is 1. The molecular formula is C17H18N4O3S. The maximum atomic E-state index is 12.3. The molecule has 130 valence electrons. The average Bonchev–Trinajstić information content (AvgIpc) is 3.31. The number of furan rings is 1. The Morgan fingerprint density at radius 3 is 2.92 bits per heavy atom. The zero-order chi connectivity index (χ0) is 17.6. The third kappa shape index (κ3) is 4.27. The first kappa shape index (κ1) is 17.2. The number of hydrogen-bond donors (Lipinski definition) is 0. The summed E-state index contributed by atoms with van der Waals surface area (Å²) in [6.45, 7) is 2.38. The molecule has 0 unspecified atom stereocenters. The van der Waals surface area contributed by atoms with E-state index >= 15 is 0 Å². The van der Waals surface area contributed by atoms with Crippen LogP contribution in [0.15, 0.2) is 50.7 Å². The van der Waals surface area contributed by atoms with Crippen LogP contribution in [-0.2, 0) is 17.8 Å². The number of aryl methyl sites for hydroxylation is 1. The molecule has 0 saturated carbocycles. The quantitative estimate of drug-likeness (QED) is 0.600. The van der Waals surface area contributed by atoms with Gasteiger partial charge in [-0.05, 0) is 24.3 Å². The van der Waals surface area contributed by atoms with Gasteiger partial charge in [-0.1, -0.05) is 23.8 Å². The van der Waals surface area contributed by atoms with Crippen molar-refractivity contribution in [3.8, 4) is 11.4 Å². The normalized spacial score (nSPS) is 10.8. The number of hydrogen-bond acceptors (Lipinski definition) is 7. The van der Waals surface area contributed by atoms with Crippen molar-refractivity contribution in [2.75, 3.05) is 12.8 Å². The van der Waals surface area contributed by atoms with Gasteiger partial charge < -0.3 is 13.8 Å². The molecule has 0 atom stereocenters. The predicted molar refractivity (Wildman–Crippen MR) is 92.8 cm³/mol. The number of thioether (sulfide) groups is 1. The first-order valence-corrected chi connectivity index (χ1v) is 8.83. The van der Waals surface area contributed by atoms with Gasteiger partial charge in [-0.2, -0.15) is 4.98 Å². The Kier molecular flexibility index (Phi) is 5.49. The van der Waals surface area contributed by atoms with Crippen LogP contribution in [0.3, 0.4) is 0 Å². The molecule has 8 heteroatoms. The van der Waals surface area contributed by atoms with Crippen LogP contribution in [-0.4, -0.2) is 38.7 Å². The van der Waals surface area contributed by atoms with Crippen LogP contribution in [0.25, 0.3) is 11.4 Å². The van der Waals surface area contributed by atoms with Crippen LogP contribution < -0.4 is 0 Å². The largest absolute Gasteiger partial charge is 0.467 e. The summed E-state index contributed by atoms with van der Waals surface area (Å²) in [5.41, 5.74) is 0.762. The number of aromatic nitrogens is 3. The molecule has 3 rings (SSSR count). The molecule has 7 nitrogen and oxygen atoms in total. The molecule has 0 aliphatic rings. The molecule has 0 fully saturated rings. The van der Waals surface area contributed by atoms with Crippen molar-refractivity contribution in [1.82, 2.24) is 20.0 Å². The van der Waals surface area contributed by atoms with Crippen molar-refractivity contribution >= 4 is 17.7 Å². The molecule has 0 radical (unpaired) electrons. The first-order chi connectivity index (χ1) is 12.2. The minimum absolute atomic E-state index is 0.0136. The molecule has 3 aromatic rings. The third-order valence-electron chi connectivity index (χ3n) is 3.51. The molecule has 0 saturated heterocycles. The Balaban J connectivity index is 1.66. The summed E-state index contributed by atoms with van der Waals surface area (Å²) in [6.07, 6.45) is 3.95. The van der Waals surface area contributed by atoms with Gasteiger partial charge in [0.05, 0.1) is 24.1 Å². The topological polar surface area (TPSA) is 85.3 Å². The van der Waals surface area contributed by atoms with Crippen LogP contribution in [0, 0.1) is 0 Å². The fourth-order valence-corrected chi connectivity index (χ4v) is 3.08. The van der Waals surface area contributed by atoms with E-state index < -0.39 is 0 Å². The van der Waals surface area contributed by atoms with Gasteiger partial charge in [0, 0.05) is 19.7 Å². The van der Waals surface area contributed by atoms with Crippen LogP contribution in [0.5, 0.6) is 0 Å². The van der Waals surface area contributed by atoms with E-state index in [0.29, 0.717) is 29.7 Å². The van der Waals surface area contributed by atoms with E-state index in [1.54, 1.807) is 30.5 Å². The van der Waals surface area contributed by atoms with Gasteiger partial charge >= 0.3 is 0 Å². The smallest absolute Gasteiger partial charge is 0.233 e. The van der Waals surface area contributed by atoms with E-state index in [1.807, 2.05) is 25.1 Å². The van der Waals surface area contributed by atoms with E-state index in [-0.39, 0.29) is 11.7 Å². The van der Waals surface area contributed by atoms with E-state index in [0.717, 1.165) is 11.3 Å². The monoisotopic (exact) mass is 358 g/mol. The molecular weight excluding hydrogens is 340 g/mol. The van der Waals surface area contributed by atoms with Crippen molar-refractivity contribution in [2.45, 2.75) is 24.9 Å². The lowest BCUT2D eigenvalue weighted by molar-refractivity contribution is -0.127. The highest BCUT2D eigenvalue weighted by Crippen LogP contribution is 2.27. The SMILES string of the molecule is CCc1nc(-c2cccnc2SCC(=O)N(C)Cc2ccco2)no1. The minimum Gasteiger partial charge on any atom is -0.467 e. The summed E-state index contributed by atoms with van der Waals surface area (Å²) < 4.78 is 10.4. The molecule has 0 bridgehead atoms. The Morgan fingerprint density at radius 2 is 2.20 bits per heavy atom. The molecule has 1 amide bonds. The molecule has 3 aromatic heterocycles. The minimum atomic E-state index is -0.0136. The number of carbonyl (C=O) groups excluding carboxylic acids is 1. The Labute approximate surface area is 149 Å². The van der Waals surface area contributed by atoms with Crippen LogP contribution in [0.2, 0.25) is 0 Å². The molecule has 0 aliphatic carbocycles. The summed E-state index contributed by atoms with van der Waals surface area (Å²) in [5.74, 6) is 2.06. The Morgan fingerprint density at radius 1 is 1.32 bits per heavy atom. The maximum absolute atomic E-state index is 12.3. The highest BCUT2D eigenvalue weighted by atomic mass is 32.2. The van der Waals surface area contributed by atoms with Crippen LogP contribution in [0.1, 0.15) is 18.6 Å². The van der Waals surface area contributed by atoms with Gasteiger partial charge in [0.15, 0.2) is 0 Å². The fourth-order valence-electron chi connectivity index (χ4n) is 2.15. The maximum Gasteiger partial charge on any atom is 0.233 e. The van der Waals surface area contributed by atoms with Crippen molar-refractivity contribution in [1.29, 1.82) is 0 Å². The first-order valence-electron chi connectivity index (χ1n) is 7.84. The molecule has 0 N–H and O–H groups in total. The molecule has 0 aromatic carbocycles. The fraction of sp³-hybridized carbons (Fsp3) is 0.294. The zero-order valence-corrected chi connectivity index (χ0v) is 14.8. The standard InChI is InChI=1S/C17H18N4O3S/c1-3-14-19-16(20-24-14)13-7-4-8-18-17(13)25-11-15(22)21(2)10-12-6-5-9-23-12/h4-9H,3,10-11H2,1-2H3. The van der Waals surface area contributed by atoms with Gasteiger partial charge in [0.2, 0.25) is 17.6 Å². The molecule has 3 heterocycles. The third-order valence-corrected chi connectivity index (χ3v) is 4.50. The Bertz CT molecular complexity index is 832. The highest BCUT2D eigenvalue weighted by Gasteiger charge is 2.16. The lowest BCUT2D eigenvalue weighted by Gasteiger charge is -2.15. The second-order valence-electron chi connectivity index (χ2n) is 5.34. The van der Waals surface area contributed by atoms with E-state index in [9.17, 15) is 4.79 Å². The van der Waals surface area contributed by atoms with Gasteiger partial charge in [0.25, 0.3) is 0 Å². The van der Waals surface area contributed by atoms with Crippen LogP contribution >= 0.6 is 11.8 Å². The van der Waals surface area contributed by atoms with E-state index in [1.165, 1.54) is 11.8 Å². The number of amides is 1. The number of rotatable bonds is 7. The second-order valence-corrected chi connectivity index (χ2v) is 6.30. The lowest BCUT2D eigenvalue weighted by atomic mass is 10.3. The summed E-state index contributed by atoms with van der Waals surface area (Å²) in [7, 11) is 1.75. The van der Waals surface area contributed by atoms with Crippen LogP contribution in [0.4, 0.5) is 0 Å².